The van der Waals surface area contributed by atoms with E-state index in [4.69, 9.17) is 4.74 Å². The Hall–Kier alpha value is -0.0800. The van der Waals surface area contributed by atoms with E-state index in [-0.39, 0.29) is 5.60 Å². The van der Waals surface area contributed by atoms with Crippen LogP contribution in [-0.2, 0) is 4.74 Å². The lowest BCUT2D eigenvalue weighted by atomic mass is 9.76. The van der Waals surface area contributed by atoms with Gasteiger partial charge in [-0.2, -0.15) is 0 Å². The monoisotopic (exact) mass is 195 g/mol. The lowest BCUT2D eigenvalue weighted by Gasteiger charge is -2.41. The lowest BCUT2D eigenvalue weighted by Crippen LogP contribution is -2.50. The molecule has 2 atom stereocenters. The first-order chi connectivity index (χ1) is 6.52. The first-order valence-corrected chi connectivity index (χ1v) is 5.92. The highest BCUT2D eigenvalue weighted by atomic mass is 16.5. The van der Waals surface area contributed by atoms with Gasteiger partial charge in [0.1, 0.15) is 0 Å². The van der Waals surface area contributed by atoms with Gasteiger partial charge in [0, 0.05) is 18.6 Å². The SMILES string of the molecule is CC(C)(C)[C@]12C[C@H](CO1)N(C1CC1)C2. The molecule has 1 aliphatic carbocycles. The molecule has 2 bridgehead atoms. The van der Waals surface area contributed by atoms with Gasteiger partial charge in [0.15, 0.2) is 0 Å². The van der Waals surface area contributed by atoms with Crippen molar-refractivity contribution < 1.29 is 4.74 Å². The third-order valence-electron chi connectivity index (χ3n) is 4.41. The number of ether oxygens (including phenoxy) is 1. The number of hydrogen-bond donors (Lipinski definition) is 0. The number of hydrogen-bond acceptors (Lipinski definition) is 2. The Morgan fingerprint density at radius 3 is 2.43 bits per heavy atom. The predicted octanol–water partition coefficient (Wildman–Crippen LogP) is 2.04. The Balaban J connectivity index is 1.84. The van der Waals surface area contributed by atoms with Crippen molar-refractivity contribution >= 4 is 0 Å². The van der Waals surface area contributed by atoms with Crippen molar-refractivity contribution in [2.45, 2.75) is 57.7 Å². The van der Waals surface area contributed by atoms with E-state index in [0.717, 1.165) is 18.7 Å². The van der Waals surface area contributed by atoms with E-state index in [0.29, 0.717) is 5.41 Å². The fourth-order valence-electron chi connectivity index (χ4n) is 3.09. The Morgan fingerprint density at radius 1 is 1.21 bits per heavy atom. The molecule has 0 unspecified atom stereocenters. The zero-order valence-electron chi connectivity index (χ0n) is 9.55. The van der Waals surface area contributed by atoms with Gasteiger partial charge >= 0.3 is 0 Å². The van der Waals surface area contributed by atoms with Crippen LogP contribution >= 0.6 is 0 Å². The molecule has 2 nitrogen and oxygen atoms in total. The van der Waals surface area contributed by atoms with Gasteiger partial charge in [-0.3, -0.25) is 4.90 Å². The molecule has 1 saturated carbocycles. The zero-order chi connectivity index (χ0) is 9.97. The van der Waals surface area contributed by atoms with Gasteiger partial charge in [-0.05, 0) is 24.7 Å². The molecule has 0 radical (unpaired) electrons. The van der Waals surface area contributed by atoms with Crippen molar-refractivity contribution in [2.24, 2.45) is 5.41 Å². The molecule has 0 aromatic rings. The molecule has 3 rings (SSSR count). The maximum atomic E-state index is 6.07. The minimum atomic E-state index is 0.167. The average molecular weight is 195 g/mol. The summed E-state index contributed by atoms with van der Waals surface area (Å²) < 4.78 is 6.07. The Bertz CT molecular complexity index is 254. The number of nitrogens with zero attached hydrogens (tertiary/aromatic N) is 1. The molecule has 3 fully saturated rings. The van der Waals surface area contributed by atoms with Crippen molar-refractivity contribution in [3.8, 4) is 0 Å². The fraction of sp³-hybridized carbons (Fsp3) is 1.00. The first kappa shape index (κ1) is 9.17. The number of morpholine rings is 1. The molecule has 3 aliphatic rings. The van der Waals surface area contributed by atoms with Crippen molar-refractivity contribution in [1.82, 2.24) is 4.90 Å². The molecule has 0 aromatic heterocycles. The molecular formula is C12H21NO. The second-order valence-corrected chi connectivity index (χ2v) is 6.32. The fourth-order valence-corrected chi connectivity index (χ4v) is 3.09. The lowest BCUT2D eigenvalue weighted by molar-refractivity contribution is -0.108. The minimum Gasteiger partial charge on any atom is -0.371 e. The summed E-state index contributed by atoms with van der Waals surface area (Å²) >= 11 is 0. The Morgan fingerprint density at radius 2 is 1.93 bits per heavy atom. The van der Waals surface area contributed by atoms with E-state index in [9.17, 15) is 0 Å². The highest BCUT2D eigenvalue weighted by Crippen LogP contribution is 2.51. The smallest absolute Gasteiger partial charge is 0.0873 e. The van der Waals surface area contributed by atoms with Gasteiger partial charge in [-0.15, -0.1) is 0 Å². The molecule has 0 aromatic carbocycles. The van der Waals surface area contributed by atoms with Crippen LogP contribution in [0.3, 0.4) is 0 Å². The van der Waals surface area contributed by atoms with Crippen molar-refractivity contribution in [2.75, 3.05) is 13.2 Å². The molecule has 80 valence electrons. The van der Waals surface area contributed by atoms with Crippen molar-refractivity contribution in [3.63, 3.8) is 0 Å². The second kappa shape index (κ2) is 2.53. The average Bonchev–Trinajstić information content (AvgIpc) is 2.75. The highest BCUT2D eigenvalue weighted by Gasteiger charge is 2.58. The maximum absolute atomic E-state index is 6.07. The van der Waals surface area contributed by atoms with Crippen LogP contribution < -0.4 is 0 Å². The topological polar surface area (TPSA) is 12.5 Å². The number of fused-ring (bicyclic) bond motifs is 2. The second-order valence-electron chi connectivity index (χ2n) is 6.32. The van der Waals surface area contributed by atoms with Crippen LogP contribution in [-0.4, -0.2) is 35.7 Å². The van der Waals surface area contributed by atoms with Gasteiger partial charge in [0.2, 0.25) is 0 Å². The van der Waals surface area contributed by atoms with Gasteiger partial charge in [-0.1, -0.05) is 20.8 Å². The van der Waals surface area contributed by atoms with E-state index < -0.39 is 0 Å². The van der Waals surface area contributed by atoms with E-state index >= 15 is 0 Å². The van der Waals surface area contributed by atoms with Crippen LogP contribution in [0.15, 0.2) is 0 Å². The molecular weight excluding hydrogens is 174 g/mol. The molecule has 2 heteroatoms. The summed E-state index contributed by atoms with van der Waals surface area (Å²) in [4.78, 5) is 2.72. The van der Waals surface area contributed by atoms with Crippen LogP contribution in [0.25, 0.3) is 0 Å². The van der Waals surface area contributed by atoms with Gasteiger partial charge < -0.3 is 4.74 Å². The predicted molar refractivity (Wildman–Crippen MR) is 56.3 cm³/mol. The summed E-state index contributed by atoms with van der Waals surface area (Å²) in [5.74, 6) is 0. The van der Waals surface area contributed by atoms with E-state index in [2.05, 4.69) is 25.7 Å². The third-order valence-corrected chi connectivity index (χ3v) is 4.41. The molecule has 2 heterocycles. The van der Waals surface area contributed by atoms with Crippen molar-refractivity contribution in [1.29, 1.82) is 0 Å². The van der Waals surface area contributed by atoms with Crippen LogP contribution in [0.1, 0.15) is 40.0 Å². The molecule has 0 amide bonds. The quantitative estimate of drug-likeness (QED) is 0.635. The van der Waals surface area contributed by atoms with E-state index in [1.165, 1.54) is 25.8 Å². The Kier molecular flexibility index (Phi) is 1.66. The summed E-state index contributed by atoms with van der Waals surface area (Å²) in [6, 6.07) is 1.65. The summed E-state index contributed by atoms with van der Waals surface area (Å²) in [7, 11) is 0. The van der Waals surface area contributed by atoms with Crippen LogP contribution in [0, 0.1) is 5.41 Å². The van der Waals surface area contributed by atoms with Gasteiger partial charge in [-0.25, -0.2) is 0 Å². The van der Waals surface area contributed by atoms with Crippen LogP contribution in [0.5, 0.6) is 0 Å². The van der Waals surface area contributed by atoms with E-state index in [1.807, 2.05) is 0 Å². The molecule has 0 N–H and O–H groups in total. The van der Waals surface area contributed by atoms with Crippen LogP contribution in [0.2, 0.25) is 0 Å². The standard InChI is InChI=1S/C12H21NO/c1-11(2,3)12-6-10(7-14-12)13(8-12)9-4-5-9/h9-10H,4-8H2,1-3H3/t10-,12-/m1/s1. The van der Waals surface area contributed by atoms with Gasteiger partial charge in [0.25, 0.3) is 0 Å². The minimum absolute atomic E-state index is 0.167. The van der Waals surface area contributed by atoms with Crippen LogP contribution in [0.4, 0.5) is 0 Å². The summed E-state index contributed by atoms with van der Waals surface area (Å²) in [6.45, 7) is 9.14. The van der Waals surface area contributed by atoms with Gasteiger partial charge in [0.05, 0.1) is 12.2 Å². The molecule has 2 aliphatic heterocycles. The summed E-state index contributed by atoms with van der Waals surface area (Å²) in [6.07, 6.45) is 4.13. The number of rotatable bonds is 1. The van der Waals surface area contributed by atoms with Crippen molar-refractivity contribution in [3.05, 3.63) is 0 Å². The molecule has 2 saturated heterocycles. The zero-order valence-corrected chi connectivity index (χ0v) is 9.55. The van der Waals surface area contributed by atoms with E-state index in [1.54, 1.807) is 0 Å². The first-order valence-electron chi connectivity index (χ1n) is 5.92. The summed E-state index contributed by atoms with van der Waals surface area (Å²) in [5.41, 5.74) is 0.464. The largest absolute Gasteiger partial charge is 0.371 e. The summed E-state index contributed by atoms with van der Waals surface area (Å²) in [5, 5.41) is 0. The number of likely N-dealkylation sites (tertiary alicyclic amines) is 1. The molecule has 0 spiro atoms. The molecule has 14 heavy (non-hydrogen) atoms. The third kappa shape index (κ3) is 1.10. The highest BCUT2D eigenvalue weighted by molar-refractivity contribution is 5.11. The maximum Gasteiger partial charge on any atom is 0.0873 e. The Labute approximate surface area is 86.6 Å². The normalized spacial score (nSPS) is 43.5.